The van der Waals surface area contributed by atoms with Gasteiger partial charge in [-0.05, 0) is 141 Å². The molecule has 10 aromatic carbocycles. The average Bonchev–Trinajstić information content (AvgIpc) is 4.14. The maximum atomic E-state index is 9.24. The third-order valence-electron chi connectivity index (χ3n) is 13.6. The van der Waals surface area contributed by atoms with Crippen molar-refractivity contribution in [1.29, 1.82) is 0 Å². The summed E-state index contributed by atoms with van der Waals surface area (Å²) < 4.78 is 5.72. The van der Waals surface area contributed by atoms with E-state index < -0.39 is 7.12 Å². The summed E-state index contributed by atoms with van der Waals surface area (Å²) in [6.45, 7) is 0. The van der Waals surface area contributed by atoms with Crippen molar-refractivity contribution in [3.63, 3.8) is 0 Å². The molecule has 0 amide bonds. The molecule has 6 heteroatoms. The molecule has 0 aliphatic heterocycles. The average molecular weight is 940 g/mol. The number of hydrogen-bond donors (Lipinski definition) is 2. The second-order valence-electron chi connectivity index (χ2n) is 17.6. The molecule has 14 rings (SSSR count). The van der Waals surface area contributed by atoms with E-state index in [1.54, 1.807) is 12.1 Å². The molecule has 2 heterocycles. The molecular formula is C62H44BBrN2O2. The highest BCUT2D eigenvalue weighted by Crippen LogP contribution is 2.40. The molecular weight excluding hydrogens is 895 g/mol. The van der Waals surface area contributed by atoms with Crippen LogP contribution in [0.2, 0.25) is 0 Å². The zero-order valence-electron chi connectivity index (χ0n) is 37.1. The molecule has 0 fully saturated rings. The van der Waals surface area contributed by atoms with E-state index in [0.29, 0.717) is 5.46 Å². The minimum Gasteiger partial charge on any atom is -0.423 e. The van der Waals surface area contributed by atoms with Gasteiger partial charge in [0, 0.05) is 37.4 Å². The van der Waals surface area contributed by atoms with Gasteiger partial charge in [0.15, 0.2) is 0 Å². The molecule has 0 spiro atoms. The van der Waals surface area contributed by atoms with Gasteiger partial charge in [-0.25, -0.2) is 0 Å². The van der Waals surface area contributed by atoms with Crippen LogP contribution in [0.5, 0.6) is 0 Å². The predicted octanol–water partition coefficient (Wildman–Crippen LogP) is 14.5. The van der Waals surface area contributed by atoms with E-state index in [0.717, 1.165) is 34.0 Å². The Morgan fingerprint density at radius 3 is 1.18 bits per heavy atom. The van der Waals surface area contributed by atoms with Gasteiger partial charge >= 0.3 is 7.12 Å². The number of aromatic nitrogens is 2. The van der Waals surface area contributed by atoms with Gasteiger partial charge in [0.2, 0.25) is 0 Å². The largest absolute Gasteiger partial charge is 0.488 e. The molecule has 0 bridgehead atoms. The van der Waals surface area contributed by atoms with Gasteiger partial charge in [-0.2, -0.15) is 0 Å². The van der Waals surface area contributed by atoms with Crippen LogP contribution in [0.15, 0.2) is 235 Å². The van der Waals surface area contributed by atoms with Gasteiger partial charge in [0.05, 0.1) is 22.1 Å². The number of hydrogen-bond acceptors (Lipinski definition) is 2. The lowest BCUT2D eigenvalue weighted by atomic mass is 9.80. The fourth-order valence-corrected chi connectivity index (χ4v) is 10.8. The fraction of sp³-hybridized carbons (Fsp3) is 0.0323. The van der Waals surface area contributed by atoms with E-state index in [9.17, 15) is 10.0 Å². The molecule has 0 unspecified atom stereocenters. The van der Waals surface area contributed by atoms with E-state index in [2.05, 4.69) is 207 Å². The van der Waals surface area contributed by atoms with Crippen LogP contribution in [0.4, 0.5) is 0 Å². The lowest BCUT2D eigenvalue weighted by molar-refractivity contribution is 0.426. The summed E-state index contributed by atoms with van der Waals surface area (Å²) in [5.41, 5.74) is 21.3. The minimum absolute atomic E-state index is 0.490. The highest BCUT2D eigenvalue weighted by Gasteiger charge is 2.20. The number of rotatable bonds is 4. The Labute approximate surface area is 403 Å². The molecule has 2 N–H and O–H groups in total. The lowest BCUT2D eigenvalue weighted by Gasteiger charge is -2.10. The Balaban J connectivity index is 0.000000115. The molecule has 0 atom stereocenters. The summed E-state index contributed by atoms with van der Waals surface area (Å²) >= 11 is 3.52. The monoisotopic (exact) mass is 938 g/mol. The normalized spacial score (nSPS) is 11.9. The van der Waals surface area contributed by atoms with Gasteiger partial charge in [-0.3, -0.25) is 0 Å². The Morgan fingerprint density at radius 2 is 0.706 bits per heavy atom. The molecule has 2 aliphatic rings. The summed E-state index contributed by atoms with van der Waals surface area (Å²) in [7, 11) is -1.44. The first kappa shape index (κ1) is 41.7. The zero-order valence-corrected chi connectivity index (χ0v) is 38.7. The highest BCUT2D eigenvalue weighted by atomic mass is 79.9. The molecule has 2 aliphatic carbocycles. The number of halogens is 1. The molecule has 0 saturated heterocycles. The minimum atomic E-state index is -1.44. The van der Waals surface area contributed by atoms with Crippen molar-refractivity contribution in [3.05, 3.63) is 257 Å². The van der Waals surface area contributed by atoms with E-state index in [4.69, 9.17) is 0 Å². The first-order valence-electron chi connectivity index (χ1n) is 23.1. The van der Waals surface area contributed by atoms with Crippen LogP contribution in [-0.4, -0.2) is 26.3 Å². The first-order chi connectivity index (χ1) is 33.5. The van der Waals surface area contributed by atoms with Crippen LogP contribution in [0.3, 0.4) is 0 Å². The Bertz CT molecular complexity index is 3740. The van der Waals surface area contributed by atoms with E-state index in [1.165, 1.54) is 93.9 Å². The van der Waals surface area contributed by atoms with Gasteiger partial charge in [0.25, 0.3) is 0 Å². The number of para-hydroxylation sites is 4. The maximum absolute atomic E-state index is 9.24. The third kappa shape index (κ3) is 7.44. The molecule has 0 radical (unpaired) electrons. The molecule has 324 valence electrons. The van der Waals surface area contributed by atoms with Crippen molar-refractivity contribution in [2.24, 2.45) is 0 Å². The van der Waals surface area contributed by atoms with Gasteiger partial charge in [-0.15, -0.1) is 0 Å². The van der Waals surface area contributed by atoms with Gasteiger partial charge in [0.1, 0.15) is 0 Å². The van der Waals surface area contributed by atoms with Gasteiger partial charge in [-0.1, -0.05) is 180 Å². The zero-order chi connectivity index (χ0) is 45.7. The number of fused-ring (bicyclic) bond motifs is 12. The quantitative estimate of drug-likeness (QED) is 0.173. The summed E-state index contributed by atoms with van der Waals surface area (Å²) in [6.07, 6.45) is 2.12. The van der Waals surface area contributed by atoms with Crippen LogP contribution in [-0.2, 0) is 12.8 Å². The number of benzene rings is 10. The van der Waals surface area contributed by atoms with Crippen molar-refractivity contribution in [1.82, 2.24) is 9.13 Å². The number of nitrogens with zero attached hydrogens (tertiary/aromatic N) is 2. The van der Waals surface area contributed by atoms with Crippen molar-refractivity contribution in [3.8, 4) is 44.8 Å². The summed E-state index contributed by atoms with van der Waals surface area (Å²) in [6, 6.07) is 81.1. The van der Waals surface area contributed by atoms with Crippen LogP contribution in [0.1, 0.15) is 22.3 Å². The van der Waals surface area contributed by atoms with Crippen molar-refractivity contribution >= 4 is 72.1 Å². The van der Waals surface area contributed by atoms with Crippen molar-refractivity contribution in [2.45, 2.75) is 12.8 Å². The standard InChI is InChI=1S/C31H21N.C18H14BNO2.C13H9Br/c1-2-8-26-23(7-1)19-24-14-13-22(20-29(24)26)21-15-17-25(18-16-21)32-30-11-5-3-9-27(30)28-10-4-6-12-31(28)32;21-19(22)13-9-11-14(12-10-13)20-17-7-3-1-5-15(17)16-6-2-4-8-18(16)20;14-11-6-5-10-7-9-3-1-2-4-12(9)13(10)8-11/h1-18,20H,19H2;1-12,21-22H;1-6,8H,7H2. The molecule has 68 heavy (non-hydrogen) atoms. The van der Waals surface area contributed by atoms with E-state index >= 15 is 0 Å². The topological polar surface area (TPSA) is 50.3 Å². The van der Waals surface area contributed by atoms with Crippen LogP contribution in [0.25, 0.3) is 88.4 Å². The Kier molecular flexibility index (Phi) is 10.7. The van der Waals surface area contributed by atoms with Crippen LogP contribution >= 0.6 is 15.9 Å². The third-order valence-corrected chi connectivity index (χ3v) is 14.1. The lowest BCUT2D eigenvalue weighted by Crippen LogP contribution is -2.29. The predicted molar refractivity (Wildman–Crippen MR) is 287 cm³/mol. The molecule has 2 aromatic heterocycles. The molecule has 0 saturated carbocycles. The second-order valence-corrected chi connectivity index (χ2v) is 18.5. The highest BCUT2D eigenvalue weighted by molar-refractivity contribution is 9.10. The summed E-state index contributed by atoms with van der Waals surface area (Å²) in [4.78, 5) is 0. The van der Waals surface area contributed by atoms with E-state index in [-0.39, 0.29) is 0 Å². The smallest absolute Gasteiger partial charge is 0.423 e. The van der Waals surface area contributed by atoms with E-state index in [1.807, 2.05) is 36.4 Å². The van der Waals surface area contributed by atoms with Crippen molar-refractivity contribution < 1.29 is 10.0 Å². The summed E-state index contributed by atoms with van der Waals surface area (Å²) in [5, 5.41) is 23.5. The first-order valence-corrected chi connectivity index (χ1v) is 23.9. The maximum Gasteiger partial charge on any atom is 0.488 e. The SMILES string of the molecule is Brc1ccc2c(c1)-c1ccccc1C2.OB(O)c1ccc(-n2c3ccccc3c3ccccc32)cc1.c1ccc2c(c1)Cc1ccc(-c3ccc(-n4c5ccccc5c5ccccc54)cc3)cc1-2. The van der Waals surface area contributed by atoms with Gasteiger partial charge < -0.3 is 19.2 Å². The van der Waals surface area contributed by atoms with Crippen LogP contribution in [0, 0.1) is 0 Å². The molecule has 4 nitrogen and oxygen atoms in total. The Hall–Kier alpha value is -7.74. The molecule has 12 aromatic rings. The Morgan fingerprint density at radius 1 is 0.338 bits per heavy atom. The fourth-order valence-electron chi connectivity index (χ4n) is 10.4. The van der Waals surface area contributed by atoms with Crippen molar-refractivity contribution in [2.75, 3.05) is 0 Å². The van der Waals surface area contributed by atoms with Crippen LogP contribution < -0.4 is 5.46 Å². The summed E-state index contributed by atoms with van der Waals surface area (Å²) in [5.74, 6) is 0. The second kappa shape index (κ2) is 17.5.